The molecule has 0 aliphatic rings. The Kier molecular flexibility index (Phi) is 33.9. The zero-order valence-electron chi connectivity index (χ0n) is 30.8. The van der Waals surface area contributed by atoms with Crippen molar-refractivity contribution in [1.29, 1.82) is 0 Å². The van der Waals surface area contributed by atoms with Crippen LogP contribution in [0.1, 0.15) is 162 Å². The van der Waals surface area contributed by atoms with Crippen molar-refractivity contribution in [3.05, 3.63) is 60.8 Å². The van der Waals surface area contributed by atoms with Crippen molar-refractivity contribution in [2.75, 3.05) is 13.2 Å². The molecule has 0 radical (unpaired) electrons. The van der Waals surface area contributed by atoms with Gasteiger partial charge in [-0.3, -0.25) is 14.1 Å². The fraction of sp³-hybridized carbons (Fsp3) is 0.700. The zero-order valence-corrected chi connectivity index (χ0v) is 31.7. The number of rotatable bonds is 34. The van der Waals surface area contributed by atoms with Gasteiger partial charge in [-0.15, -0.1) is 0 Å². The summed E-state index contributed by atoms with van der Waals surface area (Å²) < 4.78 is 26.3. The molecule has 0 heterocycles. The van der Waals surface area contributed by atoms with Crippen molar-refractivity contribution in [2.24, 2.45) is 0 Å². The number of phosphoric ester groups is 1. The van der Waals surface area contributed by atoms with Crippen molar-refractivity contribution < 1.29 is 37.9 Å². The van der Waals surface area contributed by atoms with Crippen LogP contribution in [0.2, 0.25) is 0 Å². The summed E-state index contributed by atoms with van der Waals surface area (Å²) in [6, 6.07) is 0. The number of ether oxygens (including phenoxy) is 2. The van der Waals surface area contributed by atoms with E-state index in [0.29, 0.717) is 12.8 Å². The fourth-order valence-corrected chi connectivity index (χ4v) is 5.31. The van der Waals surface area contributed by atoms with E-state index in [-0.39, 0.29) is 19.4 Å². The van der Waals surface area contributed by atoms with Gasteiger partial charge >= 0.3 is 19.8 Å². The summed E-state index contributed by atoms with van der Waals surface area (Å²) in [5.74, 6) is -0.927. The highest BCUT2D eigenvalue weighted by atomic mass is 31.2. The molecule has 0 aliphatic carbocycles. The fourth-order valence-electron chi connectivity index (χ4n) is 4.95. The Hall–Kier alpha value is -2.25. The van der Waals surface area contributed by atoms with Crippen molar-refractivity contribution in [2.45, 2.75) is 168 Å². The Morgan fingerprint density at radius 2 is 0.980 bits per heavy atom. The second-order valence-electron chi connectivity index (χ2n) is 12.5. The lowest BCUT2D eigenvalue weighted by Gasteiger charge is -2.18. The van der Waals surface area contributed by atoms with Crippen LogP contribution in [0.4, 0.5) is 0 Å². The van der Waals surface area contributed by atoms with Gasteiger partial charge in [0.15, 0.2) is 6.10 Å². The molecule has 0 aromatic heterocycles. The molecule has 0 aromatic rings. The van der Waals surface area contributed by atoms with Crippen molar-refractivity contribution in [3.8, 4) is 0 Å². The number of carbonyl (C=O) groups is 2. The van der Waals surface area contributed by atoms with Gasteiger partial charge in [-0.1, -0.05) is 132 Å². The van der Waals surface area contributed by atoms with Crippen LogP contribution in [-0.2, 0) is 28.2 Å². The number of hydrogen-bond donors (Lipinski definition) is 2. The first-order chi connectivity index (χ1) is 23.8. The van der Waals surface area contributed by atoms with Gasteiger partial charge in [-0.25, -0.2) is 4.57 Å². The second-order valence-corrected chi connectivity index (χ2v) is 13.8. The molecule has 0 spiro atoms. The molecule has 282 valence electrons. The molecule has 0 saturated carbocycles. The summed E-state index contributed by atoms with van der Waals surface area (Å²) in [5.41, 5.74) is 0. The van der Waals surface area contributed by atoms with Crippen LogP contribution in [0.15, 0.2) is 60.8 Å². The summed E-state index contributed by atoms with van der Waals surface area (Å²) in [6.45, 7) is 3.52. The van der Waals surface area contributed by atoms with E-state index in [1.54, 1.807) is 0 Å². The van der Waals surface area contributed by atoms with Gasteiger partial charge in [-0.05, 0) is 77.0 Å². The Labute approximate surface area is 298 Å². The van der Waals surface area contributed by atoms with Gasteiger partial charge in [-0.2, -0.15) is 0 Å². The van der Waals surface area contributed by atoms with Crippen molar-refractivity contribution in [3.63, 3.8) is 0 Å². The maximum Gasteiger partial charge on any atom is 0.469 e. The molecule has 9 heteroatoms. The highest BCUT2D eigenvalue weighted by molar-refractivity contribution is 7.46. The van der Waals surface area contributed by atoms with E-state index in [2.05, 4.69) is 79.1 Å². The van der Waals surface area contributed by atoms with Crippen LogP contribution in [0.5, 0.6) is 0 Å². The molecule has 0 saturated heterocycles. The summed E-state index contributed by atoms with van der Waals surface area (Å²) >= 11 is 0. The SMILES string of the molecule is CC/C=C\C/C=C\C/C=C\C/C=C\CCCCCCC(=O)OC(COC(=O)CCCCCCC/C=C\CCCCCCC)COP(=O)(O)O. The lowest BCUT2D eigenvalue weighted by Crippen LogP contribution is -2.29. The first-order valence-electron chi connectivity index (χ1n) is 19.1. The summed E-state index contributed by atoms with van der Waals surface area (Å²) in [4.78, 5) is 42.7. The minimum absolute atomic E-state index is 0.180. The molecule has 2 N–H and O–H groups in total. The van der Waals surface area contributed by atoms with E-state index < -0.39 is 32.5 Å². The minimum Gasteiger partial charge on any atom is -0.462 e. The summed E-state index contributed by atoms with van der Waals surface area (Å²) in [7, 11) is -4.76. The predicted molar refractivity (Wildman–Crippen MR) is 202 cm³/mol. The van der Waals surface area contributed by atoms with E-state index >= 15 is 0 Å². The van der Waals surface area contributed by atoms with Crippen molar-refractivity contribution in [1.82, 2.24) is 0 Å². The summed E-state index contributed by atoms with van der Waals surface area (Å²) in [5, 5.41) is 0. The number of unbranched alkanes of at least 4 members (excludes halogenated alkanes) is 14. The van der Waals surface area contributed by atoms with E-state index in [0.717, 1.165) is 83.5 Å². The van der Waals surface area contributed by atoms with Crippen LogP contribution in [0.25, 0.3) is 0 Å². The molecule has 1 unspecified atom stereocenters. The van der Waals surface area contributed by atoms with Gasteiger partial charge in [0, 0.05) is 12.8 Å². The molecule has 0 aromatic carbocycles. The molecule has 8 nitrogen and oxygen atoms in total. The van der Waals surface area contributed by atoms with Gasteiger partial charge in [0.2, 0.25) is 0 Å². The Balaban J connectivity index is 4.04. The highest BCUT2D eigenvalue weighted by Gasteiger charge is 2.22. The van der Waals surface area contributed by atoms with Crippen LogP contribution in [-0.4, -0.2) is 41.0 Å². The lowest BCUT2D eigenvalue weighted by molar-refractivity contribution is -0.161. The number of hydrogen-bond acceptors (Lipinski definition) is 6. The van der Waals surface area contributed by atoms with Gasteiger partial charge < -0.3 is 19.3 Å². The van der Waals surface area contributed by atoms with Crippen LogP contribution in [0, 0.1) is 0 Å². The quantitative estimate of drug-likeness (QED) is 0.0293. The normalized spacial score (nSPS) is 13.1. The monoisotopic (exact) mass is 708 g/mol. The molecular formula is C40H69O8P. The number of phosphoric acid groups is 1. The summed E-state index contributed by atoms with van der Waals surface area (Å²) in [6.07, 6.45) is 43.6. The number of allylic oxidation sites excluding steroid dienone is 10. The zero-order chi connectivity index (χ0) is 36.1. The first-order valence-corrected chi connectivity index (χ1v) is 20.6. The number of carbonyl (C=O) groups excluding carboxylic acids is 2. The van der Waals surface area contributed by atoms with Gasteiger partial charge in [0.05, 0.1) is 6.61 Å². The minimum atomic E-state index is -4.76. The molecule has 0 bridgehead atoms. The van der Waals surface area contributed by atoms with Gasteiger partial charge in [0.25, 0.3) is 0 Å². The standard InChI is InChI=1S/C40H69O8P/c1-3-5-7-9-11-13-15-17-19-20-21-23-25-27-29-31-33-35-40(42)48-38(37-47-49(43,44)45)36-46-39(41)34-32-30-28-26-24-22-18-16-14-12-10-8-6-4-2/h5,7,11,13,16-19,21,23,38H,3-4,6,8-10,12,14-15,20,22,24-37H2,1-2H3,(H2,43,44,45)/b7-5-,13-11-,18-16-,19-17-,23-21-. The highest BCUT2D eigenvalue weighted by Crippen LogP contribution is 2.36. The molecule has 0 aliphatic heterocycles. The molecule has 49 heavy (non-hydrogen) atoms. The van der Waals surface area contributed by atoms with Crippen LogP contribution < -0.4 is 0 Å². The number of esters is 2. The van der Waals surface area contributed by atoms with Crippen LogP contribution in [0.3, 0.4) is 0 Å². The van der Waals surface area contributed by atoms with E-state index in [1.165, 1.54) is 38.5 Å². The first kappa shape index (κ1) is 46.8. The third-order valence-corrected chi connectivity index (χ3v) is 8.26. The smallest absolute Gasteiger partial charge is 0.462 e. The topological polar surface area (TPSA) is 119 Å². The van der Waals surface area contributed by atoms with E-state index in [1.807, 2.05) is 0 Å². The third-order valence-electron chi connectivity index (χ3n) is 7.77. The average Bonchev–Trinajstić information content (AvgIpc) is 3.07. The van der Waals surface area contributed by atoms with E-state index in [9.17, 15) is 14.2 Å². The average molecular weight is 709 g/mol. The maximum absolute atomic E-state index is 12.4. The van der Waals surface area contributed by atoms with Gasteiger partial charge in [0.1, 0.15) is 6.61 Å². The van der Waals surface area contributed by atoms with Crippen LogP contribution >= 0.6 is 7.82 Å². The Morgan fingerprint density at radius 1 is 0.551 bits per heavy atom. The maximum atomic E-state index is 12.4. The molecular weight excluding hydrogens is 639 g/mol. The molecule has 1 atom stereocenters. The lowest BCUT2D eigenvalue weighted by atomic mass is 10.1. The Morgan fingerprint density at radius 3 is 1.49 bits per heavy atom. The van der Waals surface area contributed by atoms with Crippen molar-refractivity contribution >= 4 is 19.8 Å². The predicted octanol–water partition coefficient (Wildman–Crippen LogP) is 11.3. The second kappa shape index (κ2) is 35.6. The largest absolute Gasteiger partial charge is 0.469 e. The van der Waals surface area contributed by atoms with E-state index in [4.69, 9.17) is 19.3 Å². The molecule has 0 amide bonds. The third kappa shape index (κ3) is 38.4. The molecule has 0 fully saturated rings. The Bertz CT molecular complexity index is 979. The molecule has 0 rings (SSSR count).